The van der Waals surface area contributed by atoms with Crippen molar-refractivity contribution in [2.24, 2.45) is 5.92 Å². The Morgan fingerprint density at radius 2 is 1.96 bits per heavy atom. The van der Waals surface area contributed by atoms with Crippen LogP contribution in [0, 0.1) is 5.92 Å². The summed E-state index contributed by atoms with van der Waals surface area (Å²) in [5, 5.41) is 3.63. The standard InChI is InChI=1S/C22H27N3OS/c1-15(2)12-18(16-8-4-3-5-9-16)23-14-17-13-21(26)25-19-10-6-7-11-20(19)27-22(25)24-17/h3-5,8-9,13,15,18,23H,6-7,10-12,14H2,1-2H3/t18-/m1/s1. The Bertz CT molecular complexity index is 974. The number of hydrogen-bond acceptors (Lipinski definition) is 4. The van der Waals surface area contributed by atoms with Crippen molar-refractivity contribution in [3.8, 4) is 0 Å². The molecule has 27 heavy (non-hydrogen) atoms. The minimum absolute atomic E-state index is 0.0660. The minimum atomic E-state index is 0.0660. The SMILES string of the molecule is CC(C)C[C@@H](NCc1cc(=O)n2c3c(sc2n1)CCCC3)c1ccccc1. The number of fused-ring (bicyclic) bond motifs is 3. The molecule has 0 fully saturated rings. The molecule has 1 aliphatic rings. The van der Waals surface area contributed by atoms with Gasteiger partial charge < -0.3 is 5.32 Å². The fourth-order valence-corrected chi connectivity index (χ4v) is 5.19. The van der Waals surface area contributed by atoms with Gasteiger partial charge in [0.15, 0.2) is 4.96 Å². The van der Waals surface area contributed by atoms with Gasteiger partial charge in [-0.25, -0.2) is 4.98 Å². The van der Waals surface area contributed by atoms with Gasteiger partial charge in [-0.2, -0.15) is 0 Å². The van der Waals surface area contributed by atoms with E-state index in [1.807, 2.05) is 10.5 Å². The van der Waals surface area contributed by atoms with Crippen molar-refractivity contribution >= 4 is 16.3 Å². The van der Waals surface area contributed by atoms with Crippen LogP contribution >= 0.6 is 11.3 Å². The van der Waals surface area contributed by atoms with Crippen LogP contribution in [0.1, 0.15) is 61.0 Å². The van der Waals surface area contributed by atoms with Crippen LogP contribution in [0.5, 0.6) is 0 Å². The fourth-order valence-electron chi connectivity index (χ4n) is 3.95. The molecule has 3 aromatic rings. The number of rotatable bonds is 6. The normalized spacial score (nSPS) is 15.2. The molecule has 0 amide bonds. The first kappa shape index (κ1) is 18.4. The third-order valence-corrected chi connectivity index (χ3v) is 6.40. The van der Waals surface area contributed by atoms with Gasteiger partial charge in [0.2, 0.25) is 0 Å². The molecule has 4 rings (SSSR count). The molecule has 0 spiro atoms. The molecular formula is C22H27N3OS. The highest BCUT2D eigenvalue weighted by Crippen LogP contribution is 2.28. The molecule has 4 nitrogen and oxygen atoms in total. The topological polar surface area (TPSA) is 46.4 Å². The molecule has 0 aliphatic heterocycles. The zero-order valence-electron chi connectivity index (χ0n) is 16.1. The summed E-state index contributed by atoms with van der Waals surface area (Å²) in [5.41, 5.74) is 3.38. The lowest BCUT2D eigenvalue weighted by Crippen LogP contribution is -2.25. The Balaban J connectivity index is 1.58. The van der Waals surface area contributed by atoms with Gasteiger partial charge in [0, 0.05) is 29.2 Å². The molecule has 1 aromatic carbocycles. The zero-order chi connectivity index (χ0) is 18.8. The monoisotopic (exact) mass is 381 g/mol. The Labute approximate surface area is 164 Å². The third-order valence-electron chi connectivity index (χ3n) is 5.25. The molecular weight excluding hydrogens is 354 g/mol. The number of aromatic nitrogens is 2. The first-order valence-electron chi connectivity index (χ1n) is 9.93. The molecule has 5 heteroatoms. The summed E-state index contributed by atoms with van der Waals surface area (Å²) in [6, 6.07) is 12.5. The molecule has 2 heterocycles. The van der Waals surface area contributed by atoms with E-state index in [0.717, 1.165) is 29.9 Å². The molecule has 0 unspecified atom stereocenters. The van der Waals surface area contributed by atoms with Crippen LogP contribution in [-0.2, 0) is 19.4 Å². The Morgan fingerprint density at radius 1 is 1.19 bits per heavy atom. The van der Waals surface area contributed by atoms with Crippen LogP contribution in [-0.4, -0.2) is 9.38 Å². The van der Waals surface area contributed by atoms with Crippen molar-refractivity contribution in [3.63, 3.8) is 0 Å². The summed E-state index contributed by atoms with van der Waals surface area (Å²) in [7, 11) is 0. The first-order valence-corrected chi connectivity index (χ1v) is 10.7. The van der Waals surface area contributed by atoms with E-state index in [9.17, 15) is 4.79 Å². The predicted molar refractivity (Wildman–Crippen MR) is 111 cm³/mol. The molecule has 1 atom stereocenters. The van der Waals surface area contributed by atoms with Crippen molar-refractivity contribution in [2.75, 3.05) is 0 Å². The van der Waals surface area contributed by atoms with E-state index in [1.54, 1.807) is 17.4 Å². The van der Waals surface area contributed by atoms with Crippen LogP contribution in [0.4, 0.5) is 0 Å². The maximum Gasteiger partial charge on any atom is 0.259 e. The van der Waals surface area contributed by atoms with Crippen LogP contribution in [0.25, 0.3) is 4.96 Å². The summed E-state index contributed by atoms with van der Waals surface area (Å²) in [6.45, 7) is 5.09. The van der Waals surface area contributed by atoms with Gasteiger partial charge >= 0.3 is 0 Å². The predicted octanol–water partition coefficient (Wildman–Crippen LogP) is 4.51. The summed E-state index contributed by atoms with van der Waals surface area (Å²) in [4.78, 5) is 19.7. The molecule has 2 aromatic heterocycles. The first-order chi connectivity index (χ1) is 13.1. The average Bonchev–Trinajstić information content (AvgIpc) is 3.04. The number of benzene rings is 1. The number of nitrogens with one attached hydrogen (secondary N) is 1. The van der Waals surface area contributed by atoms with Crippen molar-refractivity contribution in [2.45, 2.75) is 58.5 Å². The zero-order valence-corrected chi connectivity index (χ0v) is 16.9. The lowest BCUT2D eigenvalue weighted by Gasteiger charge is -2.21. The smallest absolute Gasteiger partial charge is 0.259 e. The van der Waals surface area contributed by atoms with Crippen LogP contribution in [0.2, 0.25) is 0 Å². The highest BCUT2D eigenvalue weighted by molar-refractivity contribution is 7.17. The lowest BCUT2D eigenvalue weighted by atomic mass is 9.97. The van der Waals surface area contributed by atoms with Gasteiger partial charge in [0.05, 0.1) is 5.69 Å². The summed E-state index contributed by atoms with van der Waals surface area (Å²) in [6.07, 6.45) is 5.53. The minimum Gasteiger partial charge on any atom is -0.304 e. The average molecular weight is 382 g/mol. The fraction of sp³-hybridized carbons (Fsp3) is 0.455. The largest absolute Gasteiger partial charge is 0.304 e. The van der Waals surface area contributed by atoms with Gasteiger partial charge in [-0.15, -0.1) is 11.3 Å². The molecule has 0 saturated heterocycles. The summed E-state index contributed by atoms with van der Waals surface area (Å²) in [5.74, 6) is 0.591. The van der Waals surface area contributed by atoms with Crippen LogP contribution in [0.3, 0.4) is 0 Å². The molecule has 0 bridgehead atoms. The molecule has 1 N–H and O–H groups in total. The van der Waals surface area contributed by atoms with Crippen molar-refractivity contribution in [1.82, 2.24) is 14.7 Å². The molecule has 1 aliphatic carbocycles. The van der Waals surface area contributed by atoms with E-state index >= 15 is 0 Å². The van der Waals surface area contributed by atoms with Crippen molar-refractivity contribution in [1.29, 1.82) is 0 Å². The summed E-state index contributed by atoms with van der Waals surface area (Å²) >= 11 is 1.69. The van der Waals surface area contributed by atoms with E-state index in [-0.39, 0.29) is 11.6 Å². The number of nitrogens with zero attached hydrogens (tertiary/aromatic N) is 2. The maximum absolute atomic E-state index is 12.7. The molecule has 0 saturated carbocycles. The second-order valence-corrected chi connectivity index (χ2v) is 8.92. The number of hydrogen-bond donors (Lipinski definition) is 1. The van der Waals surface area contributed by atoms with Crippen molar-refractivity contribution in [3.05, 3.63) is 68.6 Å². The van der Waals surface area contributed by atoms with Gasteiger partial charge in [0.1, 0.15) is 0 Å². The highest BCUT2D eigenvalue weighted by atomic mass is 32.1. The van der Waals surface area contributed by atoms with E-state index in [0.29, 0.717) is 12.5 Å². The van der Waals surface area contributed by atoms with E-state index in [2.05, 4.69) is 43.4 Å². The third kappa shape index (κ3) is 3.99. The Hall–Kier alpha value is -1.98. The Kier molecular flexibility index (Phi) is 5.41. The van der Waals surface area contributed by atoms with Crippen LogP contribution < -0.4 is 10.9 Å². The van der Waals surface area contributed by atoms with Gasteiger partial charge in [-0.3, -0.25) is 9.20 Å². The van der Waals surface area contributed by atoms with E-state index < -0.39 is 0 Å². The van der Waals surface area contributed by atoms with Gasteiger partial charge in [-0.1, -0.05) is 44.2 Å². The van der Waals surface area contributed by atoms with E-state index in [4.69, 9.17) is 4.98 Å². The Morgan fingerprint density at radius 3 is 2.74 bits per heavy atom. The highest BCUT2D eigenvalue weighted by Gasteiger charge is 2.19. The van der Waals surface area contributed by atoms with Crippen molar-refractivity contribution < 1.29 is 0 Å². The second-order valence-electron chi connectivity index (χ2n) is 7.86. The molecule has 0 radical (unpaired) electrons. The number of thiazole rings is 1. The van der Waals surface area contributed by atoms with Crippen LogP contribution in [0.15, 0.2) is 41.2 Å². The maximum atomic E-state index is 12.7. The molecule has 142 valence electrons. The quantitative estimate of drug-likeness (QED) is 0.683. The van der Waals surface area contributed by atoms with E-state index in [1.165, 1.54) is 29.0 Å². The van der Waals surface area contributed by atoms with Gasteiger partial charge in [-0.05, 0) is 43.6 Å². The summed E-state index contributed by atoms with van der Waals surface area (Å²) < 4.78 is 1.84. The number of aryl methyl sites for hydroxylation is 2. The lowest BCUT2D eigenvalue weighted by molar-refractivity contribution is 0.426. The second kappa shape index (κ2) is 7.95. The van der Waals surface area contributed by atoms with Gasteiger partial charge in [0.25, 0.3) is 5.56 Å².